The van der Waals surface area contributed by atoms with E-state index in [0.717, 1.165) is 78.5 Å². The number of hydrogen-bond acceptors (Lipinski definition) is 6. The molecule has 1 aliphatic heterocycles. The average Bonchev–Trinajstić information content (AvgIpc) is 2.39. The first-order chi connectivity index (χ1) is 9.00. The molecule has 1 rings (SSSR count). The Hall–Kier alpha value is 0.569. The molecule has 1 aliphatic rings. The van der Waals surface area contributed by atoms with Crippen LogP contribution in [0.4, 0.5) is 0 Å². The van der Waals surface area contributed by atoms with Crippen LogP contribution in [0.3, 0.4) is 0 Å². The van der Waals surface area contributed by atoms with Crippen LogP contribution in [-0.2, 0) is 17.1 Å². The Morgan fingerprint density at radius 1 is 0.300 bits per heavy atom. The Bertz CT molecular complexity index is 103. The van der Waals surface area contributed by atoms with Crippen molar-refractivity contribution < 1.29 is 17.1 Å². The van der Waals surface area contributed by atoms with E-state index in [0.29, 0.717) is 0 Å². The quantitative estimate of drug-likeness (QED) is 0.280. The first-order valence-corrected chi connectivity index (χ1v) is 7.24. The molecule has 1 radical (unpaired) electrons. The first-order valence-electron chi connectivity index (χ1n) is 7.24. The Kier molecular flexibility index (Phi) is 22.4. The van der Waals surface area contributed by atoms with E-state index in [-0.39, 0.29) is 29.5 Å². The molecular formula is C12H31ClCuN6. The summed E-state index contributed by atoms with van der Waals surface area (Å²) in [7, 11) is 0. The largest absolute Gasteiger partial charge is 0.314 e. The summed E-state index contributed by atoms with van der Waals surface area (Å²) in [5.41, 5.74) is 0. The van der Waals surface area contributed by atoms with Crippen molar-refractivity contribution in [2.24, 2.45) is 0 Å². The van der Waals surface area contributed by atoms with Gasteiger partial charge in [-0.3, -0.25) is 0 Å². The van der Waals surface area contributed by atoms with Gasteiger partial charge < -0.3 is 31.9 Å². The van der Waals surface area contributed by atoms with E-state index in [1.807, 2.05) is 0 Å². The van der Waals surface area contributed by atoms with Crippen molar-refractivity contribution in [2.75, 3.05) is 78.5 Å². The summed E-state index contributed by atoms with van der Waals surface area (Å²) >= 11 is 0. The summed E-state index contributed by atoms with van der Waals surface area (Å²) in [6.45, 7) is 12.5. The molecule has 0 saturated carbocycles. The fraction of sp³-hybridized carbons (Fsp3) is 1.00. The summed E-state index contributed by atoms with van der Waals surface area (Å²) in [6.07, 6.45) is 0. The van der Waals surface area contributed by atoms with Gasteiger partial charge in [-0.2, -0.15) is 0 Å². The molecule has 1 saturated heterocycles. The molecule has 0 amide bonds. The minimum atomic E-state index is 0. The second-order valence-corrected chi connectivity index (χ2v) is 4.50. The van der Waals surface area contributed by atoms with Crippen LogP contribution in [0.15, 0.2) is 0 Å². The van der Waals surface area contributed by atoms with Crippen molar-refractivity contribution in [1.82, 2.24) is 31.9 Å². The monoisotopic (exact) mass is 357 g/mol. The Labute approximate surface area is 140 Å². The maximum Gasteiger partial charge on any atom is 0.00772 e. The van der Waals surface area contributed by atoms with Gasteiger partial charge in [0.1, 0.15) is 0 Å². The first kappa shape index (κ1) is 22.8. The topological polar surface area (TPSA) is 72.2 Å². The molecule has 1 fully saturated rings. The SMILES string of the molecule is C1CNCCNCCNCCNCCNCCN1.Cl.[Cu]. The molecule has 127 valence electrons. The van der Waals surface area contributed by atoms with Gasteiger partial charge in [-0.05, 0) is 0 Å². The van der Waals surface area contributed by atoms with Gasteiger partial charge in [0.2, 0.25) is 0 Å². The van der Waals surface area contributed by atoms with Gasteiger partial charge in [-0.25, -0.2) is 0 Å². The third-order valence-electron chi connectivity index (χ3n) is 2.87. The summed E-state index contributed by atoms with van der Waals surface area (Å²) in [6, 6.07) is 0. The Morgan fingerprint density at radius 3 is 0.500 bits per heavy atom. The molecule has 8 heteroatoms. The molecule has 0 spiro atoms. The number of halogens is 1. The van der Waals surface area contributed by atoms with E-state index in [1.54, 1.807) is 0 Å². The molecule has 0 unspecified atom stereocenters. The number of nitrogens with one attached hydrogen (secondary N) is 6. The van der Waals surface area contributed by atoms with Gasteiger partial charge in [-0.15, -0.1) is 12.4 Å². The summed E-state index contributed by atoms with van der Waals surface area (Å²) < 4.78 is 0. The van der Waals surface area contributed by atoms with Crippen LogP contribution in [0.2, 0.25) is 0 Å². The van der Waals surface area contributed by atoms with E-state index >= 15 is 0 Å². The smallest absolute Gasteiger partial charge is 0.00772 e. The van der Waals surface area contributed by atoms with Crippen molar-refractivity contribution in [3.8, 4) is 0 Å². The molecule has 0 aromatic carbocycles. The predicted octanol–water partition coefficient (Wildman–Crippen LogP) is -2.04. The van der Waals surface area contributed by atoms with Crippen LogP contribution in [-0.4, -0.2) is 78.5 Å². The van der Waals surface area contributed by atoms with Gasteiger partial charge in [-0.1, -0.05) is 0 Å². The van der Waals surface area contributed by atoms with Crippen LogP contribution in [0.25, 0.3) is 0 Å². The molecule has 6 N–H and O–H groups in total. The number of rotatable bonds is 0. The standard InChI is InChI=1S/C12H30N6.ClH.Cu/c1-2-14-5-6-16-9-10-18-12-11-17-8-7-15-4-3-13-1;;/h13-18H,1-12H2;1H;. The van der Waals surface area contributed by atoms with Gasteiger partial charge in [0.05, 0.1) is 0 Å². The van der Waals surface area contributed by atoms with E-state index in [1.165, 1.54) is 0 Å². The third kappa shape index (κ3) is 16.6. The van der Waals surface area contributed by atoms with Crippen LogP contribution >= 0.6 is 12.4 Å². The molecule has 0 aromatic rings. The van der Waals surface area contributed by atoms with Crippen molar-refractivity contribution in [3.05, 3.63) is 0 Å². The van der Waals surface area contributed by atoms with Crippen LogP contribution in [0.1, 0.15) is 0 Å². The summed E-state index contributed by atoms with van der Waals surface area (Å²) in [4.78, 5) is 0. The van der Waals surface area contributed by atoms with Gasteiger partial charge in [0.15, 0.2) is 0 Å². The van der Waals surface area contributed by atoms with Gasteiger partial charge >= 0.3 is 0 Å². The van der Waals surface area contributed by atoms with E-state index in [4.69, 9.17) is 0 Å². The van der Waals surface area contributed by atoms with Crippen LogP contribution < -0.4 is 31.9 Å². The Balaban J connectivity index is 0. The molecule has 0 atom stereocenters. The molecular weight excluding hydrogens is 327 g/mol. The Morgan fingerprint density at radius 2 is 0.400 bits per heavy atom. The van der Waals surface area contributed by atoms with Crippen molar-refractivity contribution in [2.45, 2.75) is 0 Å². The molecule has 0 bridgehead atoms. The molecule has 20 heavy (non-hydrogen) atoms. The second kappa shape index (κ2) is 19.6. The van der Waals surface area contributed by atoms with E-state index < -0.39 is 0 Å². The predicted molar refractivity (Wildman–Crippen MR) is 84.5 cm³/mol. The normalized spacial score (nSPS) is 21.6. The zero-order valence-electron chi connectivity index (χ0n) is 12.2. The second-order valence-electron chi connectivity index (χ2n) is 4.50. The fourth-order valence-corrected chi connectivity index (χ4v) is 1.81. The van der Waals surface area contributed by atoms with Crippen molar-refractivity contribution in [1.29, 1.82) is 0 Å². The summed E-state index contributed by atoms with van der Waals surface area (Å²) in [5.74, 6) is 0. The third-order valence-corrected chi connectivity index (χ3v) is 2.87. The molecule has 6 nitrogen and oxygen atoms in total. The van der Waals surface area contributed by atoms with Gasteiger partial charge in [0.25, 0.3) is 0 Å². The summed E-state index contributed by atoms with van der Waals surface area (Å²) in [5, 5.41) is 20.5. The maximum absolute atomic E-state index is 3.41. The van der Waals surface area contributed by atoms with Gasteiger partial charge in [0, 0.05) is 95.6 Å². The minimum Gasteiger partial charge on any atom is -0.314 e. The minimum absolute atomic E-state index is 0. The van der Waals surface area contributed by atoms with Crippen molar-refractivity contribution >= 4 is 12.4 Å². The fourth-order valence-electron chi connectivity index (χ4n) is 1.81. The molecule has 0 aliphatic carbocycles. The van der Waals surface area contributed by atoms with Crippen molar-refractivity contribution in [3.63, 3.8) is 0 Å². The number of hydrogen-bond donors (Lipinski definition) is 6. The van der Waals surface area contributed by atoms with E-state index in [2.05, 4.69) is 31.9 Å². The van der Waals surface area contributed by atoms with Crippen LogP contribution in [0, 0.1) is 0 Å². The van der Waals surface area contributed by atoms with Crippen LogP contribution in [0.5, 0.6) is 0 Å². The zero-order chi connectivity index (χ0) is 12.7. The maximum atomic E-state index is 3.41. The molecule has 0 aromatic heterocycles. The zero-order valence-corrected chi connectivity index (χ0v) is 14.0. The molecule has 1 heterocycles. The average molecular weight is 358 g/mol. The van der Waals surface area contributed by atoms with E-state index in [9.17, 15) is 0 Å².